The maximum Gasteiger partial charge on any atom is 0.269 e. The Balaban J connectivity index is 1.72. The monoisotopic (exact) mass is 301 g/mol. The largest absolute Gasteiger partial charge is 0.393 e. The summed E-state index contributed by atoms with van der Waals surface area (Å²) >= 11 is 0. The van der Waals surface area contributed by atoms with Crippen molar-refractivity contribution in [2.75, 3.05) is 0 Å². The lowest BCUT2D eigenvalue weighted by Crippen LogP contribution is -2.43. The molecule has 3 aliphatic rings. The van der Waals surface area contributed by atoms with Crippen molar-refractivity contribution < 1.29 is 10.0 Å². The lowest BCUT2D eigenvalue weighted by Gasteiger charge is -2.50. The summed E-state index contributed by atoms with van der Waals surface area (Å²) in [5, 5.41) is 21.5. The van der Waals surface area contributed by atoms with E-state index in [1.165, 1.54) is 17.5 Å². The van der Waals surface area contributed by atoms with Gasteiger partial charge in [-0.15, -0.1) is 0 Å². The average molecular weight is 301 g/mol. The van der Waals surface area contributed by atoms with Gasteiger partial charge >= 0.3 is 0 Å². The molecule has 4 nitrogen and oxygen atoms in total. The number of fused-ring (bicyclic) bond motifs is 5. The van der Waals surface area contributed by atoms with Gasteiger partial charge in [0.05, 0.1) is 11.0 Å². The fraction of sp³-hybridized carbons (Fsp3) is 0.667. The van der Waals surface area contributed by atoms with Crippen LogP contribution in [0, 0.1) is 27.4 Å². The number of aliphatic hydroxyl groups is 1. The Labute approximate surface area is 130 Å². The number of aliphatic hydroxyl groups excluding tert-OH is 1. The summed E-state index contributed by atoms with van der Waals surface area (Å²) in [6, 6.07) is 5.42. The Hall–Kier alpha value is -1.42. The molecule has 5 atom stereocenters. The van der Waals surface area contributed by atoms with Gasteiger partial charge < -0.3 is 5.11 Å². The zero-order chi connectivity index (χ0) is 15.5. The van der Waals surface area contributed by atoms with Crippen molar-refractivity contribution in [3.05, 3.63) is 39.4 Å². The zero-order valence-electron chi connectivity index (χ0n) is 13.0. The number of nitro benzene ring substituents is 1. The molecule has 0 amide bonds. The van der Waals surface area contributed by atoms with E-state index >= 15 is 0 Å². The molecule has 0 bridgehead atoms. The van der Waals surface area contributed by atoms with Gasteiger partial charge in [0.15, 0.2) is 0 Å². The van der Waals surface area contributed by atoms with Gasteiger partial charge in [0.2, 0.25) is 0 Å². The predicted molar refractivity (Wildman–Crippen MR) is 83.7 cm³/mol. The summed E-state index contributed by atoms with van der Waals surface area (Å²) in [6.07, 6.45) is 6.17. The standard InChI is InChI=1S/C18H23NO3/c1-18-9-8-13-14(16(18)6-7-17(18)20)5-3-11-2-4-12(19(21)22)10-15(11)13/h2,4,10,13-14,16-17,20H,3,5-9H2,1H3/t13-,14+,16-,17-,18-/m0/s1. The highest BCUT2D eigenvalue weighted by Gasteiger charge is 2.54. The first-order valence-electron chi connectivity index (χ1n) is 8.46. The van der Waals surface area contributed by atoms with E-state index in [4.69, 9.17) is 0 Å². The molecule has 0 aliphatic heterocycles. The van der Waals surface area contributed by atoms with Crippen LogP contribution >= 0.6 is 0 Å². The first-order chi connectivity index (χ1) is 10.5. The molecule has 3 aliphatic carbocycles. The Bertz CT molecular complexity index is 629. The molecule has 2 fully saturated rings. The number of nitrogens with zero attached hydrogens (tertiary/aromatic N) is 1. The molecule has 0 heterocycles. The van der Waals surface area contributed by atoms with E-state index in [0.717, 1.165) is 32.1 Å². The van der Waals surface area contributed by atoms with E-state index in [2.05, 4.69) is 6.92 Å². The van der Waals surface area contributed by atoms with Gasteiger partial charge in [-0.05, 0) is 72.8 Å². The van der Waals surface area contributed by atoms with E-state index in [0.29, 0.717) is 17.8 Å². The Kier molecular flexibility index (Phi) is 3.09. The second-order valence-corrected chi connectivity index (χ2v) is 7.69. The number of benzene rings is 1. The number of rotatable bonds is 1. The van der Waals surface area contributed by atoms with Gasteiger partial charge in [-0.1, -0.05) is 13.0 Å². The van der Waals surface area contributed by atoms with Crippen LogP contribution in [0.4, 0.5) is 5.69 Å². The van der Waals surface area contributed by atoms with E-state index in [1.54, 1.807) is 6.07 Å². The predicted octanol–water partition coefficient (Wildman–Crippen LogP) is 3.81. The van der Waals surface area contributed by atoms with Gasteiger partial charge in [-0.25, -0.2) is 0 Å². The second-order valence-electron chi connectivity index (χ2n) is 7.69. The molecule has 1 aromatic carbocycles. The summed E-state index contributed by atoms with van der Waals surface area (Å²) in [4.78, 5) is 10.8. The number of hydrogen-bond acceptors (Lipinski definition) is 3. The lowest BCUT2D eigenvalue weighted by atomic mass is 9.55. The molecular formula is C18H23NO3. The SMILES string of the molecule is C[C@]12CC[C@@H]3c4cc([N+](=O)[O-])ccc4CC[C@H]3[C@@H]1CC[C@@H]2O. The average Bonchev–Trinajstić information content (AvgIpc) is 2.82. The van der Waals surface area contributed by atoms with Gasteiger partial charge in [-0.3, -0.25) is 10.1 Å². The molecule has 1 aromatic rings. The Morgan fingerprint density at radius 1 is 1.27 bits per heavy atom. The molecule has 118 valence electrons. The van der Waals surface area contributed by atoms with Crippen molar-refractivity contribution >= 4 is 5.69 Å². The third kappa shape index (κ3) is 1.86. The molecular weight excluding hydrogens is 278 g/mol. The van der Waals surface area contributed by atoms with E-state index in [1.807, 2.05) is 12.1 Å². The molecule has 0 aromatic heterocycles. The van der Waals surface area contributed by atoms with Crippen LogP contribution in [0.5, 0.6) is 0 Å². The van der Waals surface area contributed by atoms with Crippen LogP contribution in [0.2, 0.25) is 0 Å². The maximum atomic E-state index is 11.1. The maximum absolute atomic E-state index is 11.1. The van der Waals surface area contributed by atoms with Gasteiger partial charge in [0, 0.05) is 12.1 Å². The van der Waals surface area contributed by atoms with Gasteiger partial charge in [0.25, 0.3) is 5.69 Å². The number of nitro groups is 1. The van der Waals surface area contributed by atoms with E-state index in [9.17, 15) is 15.2 Å². The van der Waals surface area contributed by atoms with Crippen LogP contribution in [0.3, 0.4) is 0 Å². The van der Waals surface area contributed by atoms with Crippen LogP contribution in [0.25, 0.3) is 0 Å². The van der Waals surface area contributed by atoms with Crippen molar-refractivity contribution in [2.45, 2.75) is 57.5 Å². The molecule has 22 heavy (non-hydrogen) atoms. The van der Waals surface area contributed by atoms with Crippen molar-refractivity contribution in [3.8, 4) is 0 Å². The van der Waals surface area contributed by atoms with Crippen molar-refractivity contribution in [3.63, 3.8) is 0 Å². The summed E-state index contributed by atoms with van der Waals surface area (Å²) in [5.74, 6) is 1.62. The highest BCUT2D eigenvalue weighted by atomic mass is 16.6. The van der Waals surface area contributed by atoms with Crippen molar-refractivity contribution in [1.82, 2.24) is 0 Å². The molecule has 0 unspecified atom stereocenters. The zero-order valence-corrected chi connectivity index (χ0v) is 13.0. The minimum Gasteiger partial charge on any atom is -0.393 e. The fourth-order valence-electron chi connectivity index (χ4n) is 5.64. The topological polar surface area (TPSA) is 63.4 Å². The Morgan fingerprint density at radius 3 is 2.86 bits per heavy atom. The molecule has 1 N–H and O–H groups in total. The summed E-state index contributed by atoms with van der Waals surface area (Å²) in [6.45, 7) is 2.26. The third-order valence-electron chi connectivity index (χ3n) is 6.87. The third-order valence-corrected chi connectivity index (χ3v) is 6.87. The van der Waals surface area contributed by atoms with Crippen molar-refractivity contribution in [1.29, 1.82) is 0 Å². The minimum atomic E-state index is -0.282. The van der Waals surface area contributed by atoms with Gasteiger partial charge in [0.1, 0.15) is 0 Å². The molecule has 2 saturated carbocycles. The van der Waals surface area contributed by atoms with Gasteiger partial charge in [-0.2, -0.15) is 0 Å². The first-order valence-corrected chi connectivity index (χ1v) is 8.46. The first kappa shape index (κ1) is 14.2. The van der Waals surface area contributed by atoms with E-state index in [-0.39, 0.29) is 22.1 Å². The molecule has 4 rings (SSSR count). The van der Waals surface area contributed by atoms with Crippen LogP contribution in [0.1, 0.15) is 56.1 Å². The lowest BCUT2D eigenvalue weighted by molar-refractivity contribution is -0.385. The van der Waals surface area contributed by atoms with E-state index < -0.39 is 0 Å². The fourth-order valence-corrected chi connectivity index (χ4v) is 5.64. The smallest absolute Gasteiger partial charge is 0.269 e. The summed E-state index contributed by atoms with van der Waals surface area (Å²) < 4.78 is 0. The molecule has 0 spiro atoms. The van der Waals surface area contributed by atoms with Crippen LogP contribution in [-0.2, 0) is 6.42 Å². The molecule has 4 heteroatoms. The van der Waals surface area contributed by atoms with Crippen LogP contribution < -0.4 is 0 Å². The summed E-state index contributed by atoms with van der Waals surface area (Å²) in [5.41, 5.74) is 2.81. The highest BCUT2D eigenvalue weighted by molar-refractivity contribution is 5.44. The summed E-state index contributed by atoms with van der Waals surface area (Å²) in [7, 11) is 0. The number of hydrogen-bond donors (Lipinski definition) is 1. The van der Waals surface area contributed by atoms with Crippen molar-refractivity contribution in [2.24, 2.45) is 17.3 Å². The molecule has 0 saturated heterocycles. The number of non-ortho nitro benzene ring substituents is 1. The quantitative estimate of drug-likeness (QED) is 0.633. The Morgan fingerprint density at radius 2 is 2.09 bits per heavy atom. The normalized spacial score (nSPS) is 39.7. The minimum absolute atomic E-state index is 0.0688. The van der Waals surface area contributed by atoms with Crippen LogP contribution in [0.15, 0.2) is 18.2 Å². The number of aryl methyl sites for hydroxylation is 1. The second kappa shape index (κ2) is 4.79. The molecule has 0 radical (unpaired) electrons. The highest BCUT2D eigenvalue weighted by Crippen LogP contribution is 2.60. The van der Waals surface area contributed by atoms with Crippen LogP contribution in [-0.4, -0.2) is 16.1 Å².